The summed E-state index contributed by atoms with van der Waals surface area (Å²) >= 11 is 0. The molecule has 1 unspecified atom stereocenters. The molecule has 344 valence electrons. The lowest BCUT2D eigenvalue weighted by Crippen LogP contribution is -2.30. The minimum atomic E-state index is -0.527. The molecular weight excluding hydrogens is 887 g/mol. The molecule has 0 saturated heterocycles. The molecule has 4 heterocycles. The highest BCUT2D eigenvalue weighted by atomic mass is 15.3. The minimum absolute atomic E-state index is 0.119. The standard InChI is InChI=1S/C68H47N5/c1-2-20-60-57(17-1)61-45-49(31-38-66(61)72-42-41-71-67(60)72)48-27-34-53(35-28-48)68(62-21-5-3-18-58(62)59-19-4-6-22-63(59)68)52-32-25-46(26-33-52)47-29-36-54(37-30-47)73(55-15-11-13-50(43-55)64-23-7-9-39-69-64)56-16-12-14-51(44-56)65-24-8-10-40-70-65/h1-45,67,71H. The van der Waals surface area contributed by atoms with Crippen molar-refractivity contribution in [3.8, 4) is 67.0 Å². The van der Waals surface area contributed by atoms with Crippen LogP contribution in [-0.2, 0) is 5.41 Å². The molecule has 5 heteroatoms. The number of nitrogens with one attached hydrogen (secondary N) is 1. The highest BCUT2D eigenvalue weighted by Gasteiger charge is 2.46. The SMILES string of the molecule is C1=CN2c3ccc(-c4ccc(C5(c6ccc(-c7ccc(N(c8cccc(-c9ccccn9)c8)c8cccc(-c9ccccn9)c8)cc7)cc6)c6ccccc6-c6ccccc65)cc4)cc3-c3ccccc3C2N1. The van der Waals surface area contributed by atoms with Crippen molar-refractivity contribution in [1.82, 2.24) is 15.3 Å². The van der Waals surface area contributed by atoms with Gasteiger partial charge in [-0.3, -0.25) is 9.97 Å². The molecule has 11 aromatic rings. The molecule has 0 fully saturated rings. The number of aromatic nitrogens is 2. The van der Waals surface area contributed by atoms with Gasteiger partial charge in [-0.15, -0.1) is 0 Å². The van der Waals surface area contributed by atoms with Gasteiger partial charge in [-0.05, 0) is 134 Å². The summed E-state index contributed by atoms with van der Waals surface area (Å²) in [5.74, 6) is 0. The maximum absolute atomic E-state index is 4.68. The van der Waals surface area contributed by atoms with Crippen LogP contribution in [0.1, 0.15) is 34.0 Å². The Morgan fingerprint density at radius 1 is 0.384 bits per heavy atom. The van der Waals surface area contributed by atoms with Gasteiger partial charge in [0.05, 0.1) is 22.5 Å². The zero-order valence-electron chi connectivity index (χ0n) is 39.8. The van der Waals surface area contributed by atoms with Gasteiger partial charge in [0.2, 0.25) is 0 Å². The number of rotatable bonds is 9. The number of hydrogen-bond donors (Lipinski definition) is 1. The van der Waals surface area contributed by atoms with Gasteiger partial charge >= 0.3 is 0 Å². The summed E-state index contributed by atoms with van der Waals surface area (Å²) in [5, 5.41) is 3.54. The molecule has 2 aromatic heterocycles. The van der Waals surface area contributed by atoms with Gasteiger partial charge in [0.25, 0.3) is 0 Å². The Kier molecular flexibility index (Phi) is 10.1. The van der Waals surface area contributed by atoms with E-state index in [9.17, 15) is 0 Å². The fraction of sp³-hybridized carbons (Fsp3) is 0.0294. The van der Waals surface area contributed by atoms with Crippen LogP contribution in [0.5, 0.6) is 0 Å². The second-order valence-electron chi connectivity index (χ2n) is 19.0. The lowest BCUT2D eigenvalue weighted by molar-refractivity contribution is 0.663. The van der Waals surface area contributed by atoms with E-state index < -0.39 is 5.41 Å². The van der Waals surface area contributed by atoms with Crippen molar-refractivity contribution >= 4 is 22.7 Å². The summed E-state index contributed by atoms with van der Waals surface area (Å²) in [7, 11) is 0. The number of fused-ring (bicyclic) bond motifs is 9. The van der Waals surface area contributed by atoms with Gasteiger partial charge in [-0.25, -0.2) is 0 Å². The molecule has 73 heavy (non-hydrogen) atoms. The van der Waals surface area contributed by atoms with Crippen LogP contribution in [-0.4, -0.2) is 9.97 Å². The van der Waals surface area contributed by atoms with Crippen LogP contribution in [0, 0.1) is 0 Å². The third-order valence-corrected chi connectivity index (χ3v) is 15.1. The second-order valence-corrected chi connectivity index (χ2v) is 19.0. The summed E-state index contributed by atoms with van der Waals surface area (Å²) in [6.07, 6.45) is 8.01. The van der Waals surface area contributed by atoms with Crippen LogP contribution in [0.2, 0.25) is 0 Å². The Morgan fingerprint density at radius 3 is 1.47 bits per heavy atom. The summed E-state index contributed by atoms with van der Waals surface area (Å²) in [6, 6.07) is 90.6. The molecule has 0 saturated carbocycles. The van der Waals surface area contributed by atoms with Crippen LogP contribution in [0.4, 0.5) is 22.7 Å². The van der Waals surface area contributed by atoms with Crippen molar-refractivity contribution in [3.63, 3.8) is 0 Å². The monoisotopic (exact) mass is 933 g/mol. The van der Waals surface area contributed by atoms with Crippen molar-refractivity contribution in [2.75, 3.05) is 9.80 Å². The van der Waals surface area contributed by atoms with Crippen molar-refractivity contribution < 1.29 is 0 Å². The number of benzene rings is 9. The topological polar surface area (TPSA) is 44.3 Å². The Labute approximate surface area is 425 Å². The van der Waals surface area contributed by atoms with E-state index in [0.717, 1.165) is 50.7 Å². The molecule has 1 N–H and O–H groups in total. The molecule has 2 aliphatic heterocycles. The van der Waals surface area contributed by atoms with E-state index in [4.69, 9.17) is 0 Å². The minimum Gasteiger partial charge on any atom is -0.366 e. The largest absolute Gasteiger partial charge is 0.366 e. The van der Waals surface area contributed by atoms with E-state index in [1.54, 1.807) is 0 Å². The van der Waals surface area contributed by atoms with Crippen LogP contribution in [0.15, 0.2) is 274 Å². The van der Waals surface area contributed by atoms with Gasteiger partial charge in [-0.1, -0.05) is 176 Å². The number of pyridine rings is 2. The molecule has 1 atom stereocenters. The molecule has 0 radical (unpaired) electrons. The molecule has 9 aromatic carbocycles. The van der Waals surface area contributed by atoms with Crippen LogP contribution < -0.4 is 15.1 Å². The van der Waals surface area contributed by atoms with Gasteiger partial charge < -0.3 is 15.1 Å². The molecule has 5 nitrogen and oxygen atoms in total. The molecule has 14 rings (SSSR count). The van der Waals surface area contributed by atoms with Crippen LogP contribution in [0.25, 0.3) is 67.0 Å². The Balaban J connectivity index is 0.832. The number of hydrogen-bond acceptors (Lipinski definition) is 5. The highest BCUT2D eigenvalue weighted by Crippen LogP contribution is 2.56. The van der Waals surface area contributed by atoms with E-state index in [1.807, 2.05) is 36.7 Å². The predicted molar refractivity (Wildman–Crippen MR) is 299 cm³/mol. The van der Waals surface area contributed by atoms with Gasteiger partial charge in [-0.2, -0.15) is 0 Å². The first-order valence-electron chi connectivity index (χ1n) is 25.0. The third kappa shape index (κ3) is 7.00. The summed E-state index contributed by atoms with van der Waals surface area (Å²) < 4.78 is 0. The van der Waals surface area contributed by atoms with Crippen LogP contribution >= 0.6 is 0 Å². The van der Waals surface area contributed by atoms with E-state index in [1.165, 1.54) is 66.9 Å². The number of anilines is 4. The zero-order chi connectivity index (χ0) is 48.3. The first kappa shape index (κ1) is 42.3. The van der Waals surface area contributed by atoms with Gasteiger partial charge in [0.15, 0.2) is 0 Å². The van der Waals surface area contributed by atoms with Gasteiger partial charge in [0.1, 0.15) is 6.17 Å². The molecular formula is C68H47N5. The van der Waals surface area contributed by atoms with Crippen LogP contribution in [0.3, 0.4) is 0 Å². The second kappa shape index (κ2) is 17.4. The first-order valence-corrected chi connectivity index (χ1v) is 25.0. The van der Waals surface area contributed by atoms with E-state index in [0.29, 0.717) is 0 Å². The quantitative estimate of drug-likeness (QED) is 0.156. The first-order chi connectivity index (χ1) is 36.2. The summed E-state index contributed by atoms with van der Waals surface area (Å²) in [6.45, 7) is 0. The fourth-order valence-corrected chi connectivity index (χ4v) is 11.8. The normalized spacial score (nSPS) is 14.3. The Hall–Kier alpha value is -9.58. The van der Waals surface area contributed by atoms with Gasteiger partial charge in [0, 0.05) is 64.1 Å². The molecule has 3 aliphatic rings. The molecule has 1 aliphatic carbocycles. The Morgan fingerprint density at radius 2 is 0.890 bits per heavy atom. The van der Waals surface area contributed by atoms with Crippen molar-refractivity contribution in [1.29, 1.82) is 0 Å². The fourth-order valence-electron chi connectivity index (χ4n) is 11.8. The Bertz CT molecular complexity index is 3760. The van der Waals surface area contributed by atoms with E-state index in [2.05, 4.69) is 262 Å². The molecule has 0 bridgehead atoms. The predicted octanol–water partition coefficient (Wildman–Crippen LogP) is 16.5. The van der Waals surface area contributed by atoms with E-state index in [-0.39, 0.29) is 6.17 Å². The summed E-state index contributed by atoms with van der Waals surface area (Å²) in [5.41, 5.74) is 23.9. The zero-order valence-corrected chi connectivity index (χ0v) is 39.8. The smallest absolute Gasteiger partial charge is 0.130 e. The molecule has 0 amide bonds. The van der Waals surface area contributed by atoms with E-state index >= 15 is 0 Å². The van der Waals surface area contributed by atoms with Crippen molar-refractivity contribution in [2.24, 2.45) is 0 Å². The highest BCUT2D eigenvalue weighted by molar-refractivity contribution is 5.91. The third-order valence-electron chi connectivity index (χ3n) is 15.1. The lowest BCUT2D eigenvalue weighted by atomic mass is 9.67. The maximum atomic E-state index is 4.68. The summed E-state index contributed by atoms with van der Waals surface area (Å²) in [4.78, 5) is 14.0. The maximum Gasteiger partial charge on any atom is 0.130 e. The molecule has 0 spiro atoms. The van der Waals surface area contributed by atoms with Crippen molar-refractivity contribution in [2.45, 2.75) is 11.6 Å². The average molecular weight is 934 g/mol. The number of nitrogens with zero attached hydrogens (tertiary/aromatic N) is 4. The lowest BCUT2D eigenvalue weighted by Gasteiger charge is -2.35. The average Bonchev–Trinajstić information content (AvgIpc) is 4.09. The van der Waals surface area contributed by atoms with Crippen molar-refractivity contribution in [3.05, 3.63) is 301 Å².